The molecule has 0 saturated carbocycles. The third-order valence-electron chi connectivity index (χ3n) is 2.70. The summed E-state index contributed by atoms with van der Waals surface area (Å²) in [7, 11) is 0. The molecule has 4 heteroatoms. The summed E-state index contributed by atoms with van der Waals surface area (Å²) in [6.45, 7) is 0. The quantitative estimate of drug-likeness (QED) is 0.550. The van der Waals surface area contributed by atoms with E-state index in [2.05, 4.69) is 15.0 Å². The van der Waals surface area contributed by atoms with Gasteiger partial charge in [0, 0.05) is 41.3 Å². The summed E-state index contributed by atoms with van der Waals surface area (Å²) in [6.07, 6.45) is 7.06. The van der Waals surface area contributed by atoms with Gasteiger partial charge in [0.15, 0.2) is 5.88 Å². The van der Waals surface area contributed by atoms with Gasteiger partial charge < -0.3 is 15.1 Å². The lowest BCUT2D eigenvalue weighted by atomic mass is 10.1. The second kappa shape index (κ2) is 3.83. The van der Waals surface area contributed by atoms with Gasteiger partial charge in [-0.25, -0.2) is 0 Å². The third-order valence-corrected chi connectivity index (χ3v) is 2.70. The third kappa shape index (κ3) is 1.69. The van der Waals surface area contributed by atoms with E-state index in [9.17, 15) is 5.11 Å². The average Bonchev–Trinajstić information content (AvgIpc) is 2.36. The number of rotatable bonds is 0. The van der Waals surface area contributed by atoms with Gasteiger partial charge in [-0.15, -0.1) is 0 Å². The van der Waals surface area contributed by atoms with Gasteiger partial charge in [0.25, 0.3) is 0 Å². The fourth-order valence-corrected chi connectivity index (χ4v) is 1.82. The molecule has 0 saturated heterocycles. The van der Waals surface area contributed by atoms with Crippen molar-refractivity contribution in [1.29, 1.82) is 0 Å². The van der Waals surface area contributed by atoms with E-state index in [0.29, 0.717) is 0 Å². The van der Waals surface area contributed by atoms with Crippen LogP contribution in [-0.4, -0.2) is 20.1 Å². The van der Waals surface area contributed by atoms with Crippen LogP contribution in [0.4, 0.5) is 0 Å². The van der Waals surface area contributed by atoms with Crippen LogP contribution in [0, 0.1) is 0 Å². The van der Waals surface area contributed by atoms with Crippen molar-refractivity contribution >= 4 is 10.9 Å². The lowest BCUT2D eigenvalue weighted by Crippen LogP contribution is -1.85. The second-order valence-electron chi connectivity index (χ2n) is 3.78. The van der Waals surface area contributed by atoms with Crippen LogP contribution in [0.3, 0.4) is 0 Å². The van der Waals surface area contributed by atoms with Crippen molar-refractivity contribution in [3.05, 3.63) is 49.1 Å². The van der Waals surface area contributed by atoms with Crippen LogP contribution in [0.2, 0.25) is 0 Å². The summed E-state index contributed by atoms with van der Waals surface area (Å²) in [4.78, 5) is 10.0. The summed E-state index contributed by atoms with van der Waals surface area (Å²) in [5.41, 5.74) is 2.53. The first-order valence-electron chi connectivity index (χ1n) is 5.30. The minimum absolute atomic E-state index is 0.144. The van der Waals surface area contributed by atoms with E-state index in [-0.39, 0.29) is 5.88 Å². The molecule has 3 rings (SSSR count). The first kappa shape index (κ1) is 9.72. The first-order chi connectivity index (χ1) is 8.34. The van der Waals surface area contributed by atoms with Crippen LogP contribution >= 0.6 is 0 Å². The summed E-state index contributed by atoms with van der Waals surface area (Å²) in [5, 5.41) is 11.0. The van der Waals surface area contributed by atoms with E-state index in [4.69, 9.17) is 0 Å². The van der Waals surface area contributed by atoms with Crippen molar-refractivity contribution in [1.82, 2.24) is 15.0 Å². The van der Waals surface area contributed by atoms with Crippen LogP contribution in [0.15, 0.2) is 49.1 Å². The Kier molecular flexibility index (Phi) is 2.19. The van der Waals surface area contributed by atoms with Gasteiger partial charge in [-0.1, -0.05) is 12.1 Å². The van der Waals surface area contributed by atoms with Gasteiger partial charge in [0.05, 0.1) is 5.52 Å². The van der Waals surface area contributed by atoms with Crippen molar-refractivity contribution in [3.8, 4) is 17.0 Å². The fraction of sp³-hybridized carbons (Fsp3) is 0. The molecule has 0 aromatic carbocycles. The van der Waals surface area contributed by atoms with Crippen molar-refractivity contribution in [2.24, 2.45) is 0 Å². The zero-order valence-electron chi connectivity index (χ0n) is 9.01. The van der Waals surface area contributed by atoms with E-state index in [1.165, 1.54) is 0 Å². The minimum Gasteiger partial charge on any atom is -0.494 e. The molecule has 1 aromatic rings. The van der Waals surface area contributed by atoms with Crippen LogP contribution in [0.25, 0.3) is 22.0 Å². The molecule has 1 aromatic heterocycles. The van der Waals surface area contributed by atoms with Gasteiger partial charge in [0.2, 0.25) is 0 Å². The zero-order chi connectivity index (χ0) is 11.7. The van der Waals surface area contributed by atoms with Crippen LogP contribution in [0.5, 0.6) is 5.88 Å². The summed E-state index contributed by atoms with van der Waals surface area (Å²) >= 11 is 0. The highest BCUT2D eigenvalue weighted by molar-refractivity contribution is 5.80. The highest BCUT2D eigenvalue weighted by Crippen LogP contribution is 2.27. The molecule has 17 heavy (non-hydrogen) atoms. The van der Waals surface area contributed by atoms with Gasteiger partial charge in [0.1, 0.15) is 0 Å². The lowest BCUT2D eigenvalue weighted by Gasteiger charge is -2.05. The number of pyridine rings is 2. The number of hydrogen-bond acceptors (Lipinski definition) is 2. The summed E-state index contributed by atoms with van der Waals surface area (Å²) in [5.74, 6) is 0.144. The maximum atomic E-state index is 10.1. The highest BCUT2D eigenvalue weighted by atomic mass is 16.3. The van der Waals surface area contributed by atoms with Crippen molar-refractivity contribution < 1.29 is 5.11 Å². The molecule has 0 radical (unpaired) electrons. The summed E-state index contributed by atoms with van der Waals surface area (Å²) < 4.78 is 0. The molecule has 0 atom stereocenters. The van der Waals surface area contributed by atoms with E-state index in [1.807, 2.05) is 30.5 Å². The standard InChI is InChI=1S/C13H11N3O/c17-13-11-3-5-14-7-9(11)1-2-10-8-15-6-4-12(10)16-13/h1-8,14,16-17H. The molecule has 0 spiro atoms. The number of fused-ring (bicyclic) bond motifs is 2. The topological polar surface area (TPSA) is 64.7 Å². The van der Waals surface area contributed by atoms with Gasteiger partial charge in [-0.3, -0.25) is 4.98 Å². The van der Waals surface area contributed by atoms with Crippen LogP contribution < -0.4 is 0 Å². The molecule has 0 bridgehead atoms. The smallest absolute Gasteiger partial charge is 0.196 e. The first-order valence-corrected chi connectivity index (χ1v) is 5.30. The van der Waals surface area contributed by atoms with Gasteiger partial charge in [-0.05, 0) is 12.1 Å². The molecular formula is C13H11N3O. The molecule has 3 heterocycles. The minimum atomic E-state index is 0.144. The largest absolute Gasteiger partial charge is 0.494 e. The monoisotopic (exact) mass is 225 g/mol. The van der Waals surface area contributed by atoms with E-state index in [0.717, 1.165) is 22.0 Å². The normalized spacial score (nSPS) is 10.6. The predicted molar refractivity (Wildman–Crippen MR) is 66.4 cm³/mol. The number of aromatic nitrogens is 3. The average molecular weight is 225 g/mol. The Bertz CT molecular complexity index is 682. The number of aromatic amines is 2. The Morgan fingerprint density at radius 1 is 1.12 bits per heavy atom. The number of aromatic hydroxyl groups is 1. The molecule has 84 valence electrons. The SMILES string of the molecule is Oc1[nH]c2ccncc2ccc2c[nH]ccc1-2. The van der Waals surface area contributed by atoms with Gasteiger partial charge >= 0.3 is 0 Å². The molecule has 0 aliphatic carbocycles. The van der Waals surface area contributed by atoms with Crippen molar-refractivity contribution in [3.63, 3.8) is 0 Å². The molecule has 0 amide bonds. The number of H-pyrrole nitrogens is 2. The molecule has 2 aliphatic rings. The van der Waals surface area contributed by atoms with Crippen molar-refractivity contribution in [2.75, 3.05) is 0 Å². The molecule has 0 unspecified atom stereocenters. The maximum Gasteiger partial charge on any atom is 0.196 e. The molecule has 0 fully saturated rings. The number of hydrogen-bond donors (Lipinski definition) is 3. The molecule has 4 nitrogen and oxygen atoms in total. The Hall–Kier alpha value is -2.49. The van der Waals surface area contributed by atoms with Gasteiger partial charge in [-0.2, -0.15) is 0 Å². The fourth-order valence-electron chi connectivity index (χ4n) is 1.82. The lowest BCUT2D eigenvalue weighted by molar-refractivity contribution is 0.458. The number of nitrogens with zero attached hydrogens (tertiary/aromatic N) is 1. The Labute approximate surface area is 97.6 Å². The Morgan fingerprint density at radius 2 is 2.06 bits per heavy atom. The molecule has 3 N–H and O–H groups in total. The van der Waals surface area contributed by atoms with E-state index >= 15 is 0 Å². The maximum absolute atomic E-state index is 10.1. The van der Waals surface area contributed by atoms with E-state index < -0.39 is 0 Å². The Morgan fingerprint density at radius 3 is 3.00 bits per heavy atom. The van der Waals surface area contributed by atoms with Crippen molar-refractivity contribution in [2.45, 2.75) is 0 Å². The zero-order valence-corrected chi connectivity index (χ0v) is 9.01. The number of nitrogens with one attached hydrogen (secondary N) is 2. The molecular weight excluding hydrogens is 214 g/mol. The van der Waals surface area contributed by atoms with Crippen LogP contribution in [0.1, 0.15) is 0 Å². The highest BCUT2D eigenvalue weighted by Gasteiger charge is 2.04. The van der Waals surface area contributed by atoms with Crippen LogP contribution in [-0.2, 0) is 0 Å². The van der Waals surface area contributed by atoms with E-state index in [1.54, 1.807) is 18.6 Å². The summed E-state index contributed by atoms with van der Waals surface area (Å²) in [6, 6.07) is 7.57. The Balaban J connectivity index is 2.47. The predicted octanol–water partition coefficient (Wildman–Crippen LogP) is 2.83. The molecule has 2 aliphatic heterocycles. The second-order valence-corrected chi connectivity index (χ2v) is 3.78.